The van der Waals surface area contributed by atoms with Gasteiger partial charge in [-0.05, 0) is 49.1 Å². The Morgan fingerprint density at radius 2 is 1.81 bits per heavy atom. The van der Waals surface area contributed by atoms with E-state index in [1.165, 1.54) is 0 Å². The van der Waals surface area contributed by atoms with Crippen molar-refractivity contribution in [3.05, 3.63) is 58.6 Å². The number of carbonyl (C=O) groups is 3. The summed E-state index contributed by atoms with van der Waals surface area (Å²) in [5.74, 6) is -1.64. The second-order valence-electron chi connectivity index (χ2n) is 8.36. The van der Waals surface area contributed by atoms with Gasteiger partial charge in [0, 0.05) is 16.6 Å². The predicted molar refractivity (Wildman–Crippen MR) is 120 cm³/mol. The van der Waals surface area contributed by atoms with Crippen LogP contribution in [0.15, 0.2) is 42.5 Å². The summed E-state index contributed by atoms with van der Waals surface area (Å²) in [6.07, 6.45) is 0.663. The van der Waals surface area contributed by atoms with Crippen LogP contribution in [0.2, 0.25) is 5.02 Å². The van der Waals surface area contributed by atoms with Crippen LogP contribution < -0.4 is 10.6 Å². The van der Waals surface area contributed by atoms with Crippen molar-refractivity contribution in [3.8, 4) is 0 Å². The van der Waals surface area contributed by atoms with Crippen molar-refractivity contribution in [1.29, 1.82) is 0 Å². The maximum Gasteiger partial charge on any atom is 0.310 e. The van der Waals surface area contributed by atoms with Gasteiger partial charge in [0.1, 0.15) is 6.10 Å². The van der Waals surface area contributed by atoms with Crippen molar-refractivity contribution in [2.75, 3.05) is 10.6 Å². The molecule has 2 amide bonds. The van der Waals surface area contributed by atoms with Gasteiger partial charge >= 0.3 is 5.97 Å². The second-order valence-corrected chi connectivity index (χ2v) is 9.83. The van der Waals surface area contributed by atoms with Crippen molar-refractivity contribution in [1.82, 2.24) is 0 Å². The minimum atomic E-state index is -0.466. The van der Waals surface area contributed by atoms with E-state index in [-0.39, 0.29) is 40.6 Å². The van der Waals surface area contributed by atoms with Crippen LogP contribution in [-0.4, -0.2) is 28.7 Å². The normalized spacial score (nSPS) is 30.2. The molecule has 2 saturated carbocycles. The first-order valence-electron chi connectivity index (χ1n) is 10.2. The molecule has 1 aliphatic heterocycles. The number of benzene rings is 2. The van der Waals surface area contributed by atoms with Gasteiger partial charge in [0.15, 0.2) is 0 Å². The van der Waals surface area contributed by atoms with Crippen LogP contribution in [0.3, 0.4) is 0 Å². The molecule has 2 aromatic carbocycles. The van der Waals surface area contributed by atoms with Crippen LogP contribution in [0.25, 0.3) is 0 Å². The Balaban J connectivity index is 1.38. The second kappa shape index (κ2) is 7.64. The number of ether oxygens (including phenoxy) is 1. The zero-order valence-corrected chi connectivity index (χ0v) is 18.9. The number of para-hydroxylation sites is 1. The van der Waals surface area contributed by atoms with E-state index in [1.54, 1.807) is 42.5 Å². The van der Waals surface area contributed by atoms with E-state index in [0.717, 1.165) is 12.0 Å². The van der Waals surface area contributed by atoms with Crippen LogP contribution in [0.1, 0.15) is 22.3 Å². The maximum absolute atomic E-state index is 13.2. The lowest BCUT2D eigenvalue weighted by Crippen LogP contribution is -2.40. The van der Waals surface area contributed by atoms with Gasteiger partial charge in [-0.1, -0.05) is 45.7 Å². The van der Waals surface area contributed by atoms with Gasteiger partial charge in [-0.3, -0.25) is 14.4 Å². The number of esters is 1. The van der Waals surface area contributed by atoms with Crippen molar-refractivity contribution in [2.45, 2.75) is 24.3 Å². The number of hydrogen-bond donors (Lipinski definition) is 2. The standard InChI is InChI=1S/C23H20BrClN2O4/c1-10-14(25)6-4-8-15(10)26-21(28)11-5-2-3-7-16(11)27-22(29)17-12-9-13-18(17)23(30)31-20(13)19(12)24/h2-8,12-13,17-20H,9H2,1H3,(H,26,28)(H,27,29)/t12-,13-,17-,18+,19-,20+/m1/s1. The molecule has 2 aromatic rings. The molecule has 2 bridgehead atoms. The number of halogens is 2. The maximum atomic E-state index is 13.2. The highest BCUT2D eigenvalue weighted by Crippen LogP contribution is 2.60. The number of carbonyl (C=O) groups excluding carboxylic acids is 3. The SMILES string of the molecule is Cc1c(Cl)cccc1NC(=O)c1ccccc1NC(=O)[C@@H]1[C@H]2C[C@H]3[C@H](OC(=O)[C@@H]31)[C@@H]2Br. The first kappa shape index (κ1) is 20.5. The van der Waals surface area contributed by atoms with Gasteiger partial charge in [-0.25, -0.2) is 0 Å². The Morgan fingerprint density at radius 3 is 2.61 bits per heavy atom. The topological polar surface area (TPSA) is 84.5 Å². The van der Waals surface area contributed by atoms with Crippen molar-refractivity contribution in [2.24, 2.45) is 23.7 Å². The van der Waals surface area contributed by atoms with Crippen LogP contribution in [0.5, 0.6) is 0 Å². The van der Waals surface area contributed by atoms with E-state index in [0.29, 0.717) is 22.0 Å². The number of alkyl halides is 1. The average molecular weight is 504 g/mol. The van der Waals surface area contributed by atoms with Gasteiger partial charge < -0.3 is 15.4 Å². The fraction of sp³-hybridized carbons (Fsp3) is 0.348. The van der Waals surface area contributed by atoms with Crippen LogP contribution in [-0.2, 0) is 14.3 Å². The largest absolute Gasteiger partial charge is 0.461 e. The molecule has 3 aliphatic rings. The minimum absolute atomic E-state index is 0.0136. The van der Waals surface area contributed by atoms with E-state index in [9.17, 15) is 14.4 Å². The Morgan fingerprint density at radius 1 is 1.06 bits per heavy atom. The van der Waals surface area contributed by atoms with Crippen molar-refractivity contribution >= 4 is 56.7 Å². The number of amides is 2. The molecule has 1 saturated heterocycles. The summed E-state index contributed by atoms with van der Waals surface area (Å²) < 4.78 is 5.49. The zero-order valence-electron chi connectivity index (χ0n) is 16.6. The van der Waals surface area contributed by atoms with Crippen molar-refractivity contribution in [3.63, 3.8) is 0 Å². The number of rotatable bonds is 4. The quantitative estimate of drug-likeness (QED) is 0.478. The number of fused-ring (bicyclic) bond motifs is 1. The molecular weight excluding hydrogens is 484 g/mol. The third-order valence-corrected chi connectivity index (χ3v) is 8.38. The van der Waals surface area contributed by atoms with E-state index in [4.69, 9.17) is 16.3 Å². The third kappa shape index (κ3) is 3.26. The number of anilines is 2. The van der Waals surface area contributed by atoms with Crippen molar-refractivity contribution < 1.29 is 19.1 Å². The molecule has 31 heavy (non-hydrogen) atoms. The average Bonchev–Trinajstić information content (AvgIpc) is 3.36. The molecule has 2 aliphatic carbocycles. The Hall–Kier alpha value is -2.38. The lowest BCUT2D eigenvalue weighted by atomic mass is 9.79. The van der Waals surface area contributed by atoms with Crippen LogP contribution >= 0.6 is 27.5 Å². The number of hydrogen-bond acceptors (Lipinski definition) is 4. The Labute approximate surface area is 192 Å². The zero-order chi connectivity index (χ0) is 21.9. The highest BCUT2D eigenvalue weighted by molar-refractivity contribution is 9.09. The molecule has 0 spiro atoms. The first-order valence-corrected chi connectivity index (χ1v) is 11.5. The van der Waals surface area contributed by atoms with Crippen LogP contribution in [0.4, 0.5) is 11.4 Å². The summed E-state index contributed by atoms with van der Waals surface area (Å²) in [5.41, 5.74) is 2.11. The highest BCUT2D eigenvalue weighted by atomic mass is 79.9. The molecule has 8 heteroatoms. The van der Waals surface area contributed by atoms with Gasteiger partial charge in [-0.15, -0.1) is 0 Å². The summed E-state index contributed by atoms with van der Waals surface area (Å²) in [5, 5.41) is 6.32. The lowest BCUT2D eigenvalue weighted by Gasteiger charge is -2.27. The predicted octanol–water partition coefficient (Wildman–Crippen LogP) is 4.41. The molecule has 6 nitrogen and oxygen atoms in total. The minimum Gasteiger partial charge on any atom is -0.461 e. The summed E-state index contributed by atoms with van der Waals surface area (Å²) in [7, 11) is 0. The molecule has 1 heterocycles. The third-order valence-electron chi connectivity index (χ3n) is 6.77. The molecule has 5 rings (SSSR count). The van der Waals surface area contributed by atoms with Gasteiger partial charge in [0.25, 0.3) is 5.91 Å². The summed E-state index contributed by atoms with van der Waals surface area (Å²) in [4.78, 5) is 38.5. The highest BCUT2D eigenvalue weighted by Gasteiger charge is 2.67. The van der Waals surface area contributed by atoms with E-state index in [2.05, 4.69) is 26.6 Å². The fourth-order valence-electron chi connectivity index (χ4n) is 5.27. The summed E-state index contributed by atoms with van der Waals surface area (Å²) in [6.45, 7) is 1.82. The molecule has 2 N–H and O–H groups in total. The van der Waals surface area contributed by atoms with Crippen LogP contribution in [0, 0.1) is 30.6 Å². The van der Waals surface area contributed by atoms with Gasteiger partial charge in [0.05, 0.1) is 27.9 Å². The Kier molecular flexibility index (Phi) is 5.06. The van der Waals surface area contributed by atoms with E-state index >= 15 is 0 Å². The summed E-state index contributed by atoms with van der Waals surface area (Å²) >= 11 is 9.78. The Bertz CT molecular complexity index is 1110. The molecule has 3 fully saturated rings. The molecule has 160 valence electrons. The number of nitrogens with one attached hydrogen (secondary N) is 2. The smallest absolute Gasteiger partial charge is 0.310 e. The van der Waals surface area contributed by atoms with E-state index < -0.39 is 11.8 Å². The lowest BCUT2D eigenvalue weighted by molar-refractivity contribution is -0.145. The molecular formula is C23H20BrClN2O4. The van der Waals surface area contributed by atoms with E-state index in [1.807, 2.05) is 6.92 Å². The monoisotopic (exact) mass is 502 g/mol. The molecule has 0 radical (unpaired) electrons. The van der Waals surface area contributed by atoms with Gasteiger partial charge in [-0.2, -0.15) is 0 Å². The van der Waals surface area contributed by atoms with Gasteiger partial charge in [0.2, 0.25) is 5.91 Å². The first-order chi connectivity index (χ1) is 14.9. The summed E-state index contributed by atoms with van der Waals surface area (Å²) in [6, 6.07) is 12.1. The fourth-order valence-corrected chi connectivity index (χ4v) is 6.49. The molecule has 0 unspecified atom stereocenters. The molecule has 6 atom stereocenters. The molecule has 0 aromatic heterocycles.